The fraction of sp³-hybridized carbons (Fsp3) is 0.467. The van der Waals surface area contributed by atoms with Gasteiger partial charge in [-0.2, -0.15) is 0 Å². The lowest BCUT2D eigenvalue weighted by Crippen LogP contribution is -2.27. The van der Waals surface area contributed by atoms with Gasteiger partial charge in [-0.25, -0.2) is 0 Å². The Morgan fingerprint density at radius 3 is 2.95 bits per heavy atom. The van der Waals surface area contributed by atoms with E-state index in [0.717, 1.165) is 25.1 Å². The van der Waals surface area contributed by atoms with E-state index >= 15 is 0 Å². The minimum Gasteiger partial charge on any atom is -0.489 e. The van der Waals surface area contributed by atoms with Crippen LogP contribution in [0.3, 0.4) is 0 Å². The number of anilines is 1. The number of amides is 1. The number of carbonyl (C=O) groups is 2. The first-order chi connectivity index (χ1) is 10.2. The van der Waals surface area contributed by atoms with Gasteiger partial charge < -0.3 is 20.5 Å². The van der Waals surface area contributed by atoms with Crippen LogP contribution in [0, 0.1) is 0 Å². The third kappa shape index (κ3) is 4.37. The third-order valence-electron chi connectivity index (χ3n) is 3.28. The lowest BCUT2D eigenvalue weighted by Gasteiger charge is -2.21. The zero-order chi connectivity index (χ0) is 15.1. The number of carboxylic acids is 1. The van der Waals surface area contributed by atoms with Crippen molar-refractivity contribution >= 4 is 17.6 Å². The summed E-state index contributed by atoms with van der Waals surface area (Å²) in [6.45, 7) is 1.82. The van der Waals surface area contributed by atoms with Crippen molar-refractivity contribution in [3.63, 3.8) is 0 Å². The highest BCUT2D eigenvalue weighted by molar-refractivity contribution is 5.98. The Balaban J connectivity index is 1.80. The summed E-state index contributed by atoms with van der Waals surface area (Å²) in [5, 5.41) is 14.6. The number of nitrogens with one attached hydrogen (secondary N) is 2. The molecule has 1 aromatic carbocycles. The third-order valence-corrected chi connectivity index (χ3v) is 3.28. The predicted octanol–water partition coefficient (Wildman–Crippen LogP) is 1.87. The molecule has 0 aliphatic carbocycles. The Bertz CT molecular complexity index is 516. The Hall–Kier alpha value is -2.24. The second kappa shape index (κ2) is 7.52. The number of carboxylic acid groups (broad SMARTS) is 1. The lowest BCUT2D eigenvalue weighted by atomic mass is 10.1. The standard InChI is InChI=1S/C15H20N2O4/c18-13(19)7-2-1-3-8-17-15(20)11-5-4-6-12-14(11)21-10-9-16-12/h4-6,16H,1-3,7-10H2,(H,17,20)(H,18,19). The molecule has 1 amide bonds. The lowest BCUT2D eigenvalue weighted by molar-refractivity contribution is -0.137. The summed E-state index contributed by atoms with van der Waals surface area (Å²) in [4.78, 5) is 22.5. The largest absolute Gasteiger partial charge is 0.489 e. The van der Waals surface area contributed by atoms with Gasteiger partial charge >= 0.3 is 5.97 Å². The number of rotatable bonds is 7. The van der Waals surface area contributed by atoms with Crippen molar-refractivity contribution in [2.45, 2.75) is 25.7 Å². The maximum Gasteiger partial charge on any atom is 0.303 e. The zero-order valence-corrected chi connectivity index (χ0v) is 11.9. The number of carbonyl (C=O) groups excluding carboxylic acids is 1. The summed E-state index contributed by atoms with van der Waals surface area (Å²) >= 11 is 0. The molecule has 0 aromatic heterocycles. The van der Waals surface area contributed by atoms with Crippen molar-refractivity contribution in [2.24, 2.45) is 0 Å². The molecule has 0 saturated carbocycles. The molecule has 0 fully saturated rings. The molecule has 1 aliphatic heterocycles. The van der Waals surface area contributed by atoms with E-state index in [9.17, 15) is 9.59 Å². The van der Waals surface area contributed by atoms with Crippen LogP contribution >= 0.6 is 0 Å². The fourth-order valence-electron chi connectivity index (χ4n) is 2.22. The quantitative estimate of drug-likeness (QED) is 0.668. The molecule has 1 aliphatic rings. The maximum atomic E-state index is 12.1. The van der Waals surface area contributed by atoms with Gasteiger partial charge in [0.2, 0.25) is 0 Å². The van der Waals surface area contributed by atoms with E-state index in [1.54, 1.807) is 6.07 Å². The molecule has 6 nitrogen and oxygen atoms in total. The fourth-order valence-corrected chi connectivity index (χ4v) is 2.22. The number of hydrogen-bond acceptors (Lipinski definition) is 4. The number of aliphatic carboxylic acids is 1. The van der Waals surface area contributed by atoms with Crippen molar-refractivity contribution in [3.05, 3.63) is 23.8 Å². The van der Waals surface area contributed by atoms with E-state index in [-0.39, 0.29) is 12.3 Å². The molecule has 6 heteroatoms. The second-order valence-corrected chi connectivity index (χ2v) is 4.92. The molecular weight excluding hydrogens is 272 g/mol. The number of fused-ring (bicyclic) bond motifs is 1. The number of unbranched alkanes of at least 4 members (excludes halogenated alkanes) is 2. The van der Waals surface area contributed by atoms with Crippen LogP contribution in [0.5, 0.6) is 5.75 Å². The average molecular weight is 292 g/mol. The summed E-state index contributed by atoms with van der Waals surface area (Å²) < 4.78 is 5.56. The zero-order valence-electron chi connectivity index (χ0n) is 11.9. The number of hydrogen-bond donors (Lipinski definition) is 3. The second-order valence-electron chi connectivity index (χ2n) is 4.92. The van der Waals surface area contributed by atoms with Crippen molar-refractivity contribution in [1.29, 1.82) is 0 Å². The van der Waals surface area contributed by atoms with E-state index in [4.69, 9.17) is 9.84 Å². The van der Waals surface area contributed by atoms with Crippen molar-refractivity contribution in [3.8, 4) is 5.75 Å². The molecule has 1 aromatic rings. The first-order valence-electron chi connectivity index (χ1n) is 7.18. The van der Waals surface area contributed by atoms with E-state index in [0.29, 0.717) is 30.9 Å². The SMILES string of the molecule is O=C(O)CCCCCNC(=O)c1cccc2c1OCCN2. The Morgan fingerprint density at radius 1 is 1.29 bits per heavy atom. The van der Waals surface area contributed by atoms with Gasteiger partial charge in [0.25, 0.3) is 5.91 Å². The van der Waals surface area contributed by atoms with Gasteiger partial charge in [-0.15, -0.1) is 0 Å². The molecule has 114 valence electrons. The Morgan fingerprint density at radius 2 is 2.14 bits per heavy atom. The van der Waals surface area contributed by atoms with E-state index < -0.39 is 5.97 Å². The highest BCUT2D eigenvalue weighted by atomic mass is 16.5. The molecule has 21 heavy (non-hydrogen) atoms. The van der Waals surface area contributed by atoms with Gasteiger partial charge in [0, 0.05) is 19.5 Å². The molecule has 0 atom stereocenters. The van der Waals surface area contributed by atoms with E-state index in [1.165, 1.54) is 0 Å². The van der Waals surface area contributed by atoms with Gasteiger partial charge in [0.05, 0.1) is 11.3 Å². The van der Waals surface area contributed by atoms with Crippen LogP contribution in [0.15, 0.2) is 18.2 Å². The minimum absolute atomic E-state index is 0.159. The monoisotopic (exact) mass is 292 g/mol. The van der Waals surface area contributed by atoms with Crippen LogP contribution < -0.4 is 15.4 Å². The van der Waals surface area contributed by atoms with Crippen LogP contribution in [-0.4, -0.2) is 36.7 Å². The molecule has 0 spiro atoms. The summed E-state index contributed by atoms with van der Waals surface area (Å²) in [5.41, 5.74) is 1.38. The van der Waals surface area contributed by atoms with Crippen molar-refractivity contribution < 1.29 is 19.4 Å². The molecular formula is C15H20N2O4. The molecule has 1 heterocycles. The van der Waals surface area contributed by atoms with Gasteiger partial charge in [0.15, 0.2) is 5.75 Å². The predicted molar refractivity (Wildman–Crippen MR) is 78.9 cm³/mol. The normalized spacial score (nSPS) is 12.8. The van der Waals surface area contributed by atoms with Crippen molar-refractivity contribution in [1.82, 2.24) is 5.32 Å². The van der Waals surface area contributed by atoms with Gasteiger partial charge in [-0.3, -0.25) is 9.59 Å². The Kier molecular flexibility index (Phi) is 5.43. The van der Waals surface area contributed by atoms with Gasteiger partial charge in [-0.05, 0) is 25.0 Å². The van der Waals surface area contributed by atoms with E-state index in [2.05, 4.69) is 10.6 Å². The first kappa shape index (κ1) is 15.2. The van der Waals surface area contributed by atoms with Crippen LogP contribution in [0.2, 0.25) is 0 Å². The Labute approximate surface area is 123 Å². The smallest absolute Gasteiger partial charge is 0.303 e. The highest BCUT2D eigenvalue weighted by Gasteiger charge is 2.18. The number of para-hydroxylation sites is 1. The molecule has 0 unspecified atom stereocenters. The van der Waals surface area contributed by atoms with Crippen LogP contribution in [0.25, 0.3) is 0 Å². The minimum atomic E-state index is -0.778. The summed E-state index contributed by atoms with van der Waals surface area (Å²) in [7, 11) is 0. The van der Waals surface area contributed by atoms with Gasteiger partial charge in [0.1, 0.15) is 6.61 Å². The molecule has 0 radical (unpaired) electrons. The molecule has 3 N–H and O–H groups in total. The van der Waals surface area contributed by atoms with Gasteiger partial charge in [-0.1, -0.05) is 12.5 Å². The topological polar surface area (TPSA) is 87.7 Å². The van der Waals surface area contributed by atoms with Crippen LogP contribution in [0.4, 0.5) is 5.69 Å². The maximum absolute atomic E-state index is 12.1. The van der Waals surface area contributed by atoms with E-state index in [1.807, 2.05) is 12.1 Å². The first-order valence-corrected chi connectivity index (χ1v) is 7.18. The average Bonchev–Trinajstić information content (AvgIpc) is 2.49. The molecule has 2 rings (SSSR count). The molecule has 0 bridgehead atoms. The number of benzene rings is 1. The highest BCUT2D eigenvalue weighted by Crippen LogP contribution is 2.30. The van der Waals surface area contributed by atoms with Crippen molar-refractivity contribution in [2.75, 3.05) is 25.0 Å². The summed E-state index contributed by atoms with van der Waals surface area (Å²) in [6, 6.07) is 5.45. The summed E-state index contributed by atoms with van der Waals surface area (Å²) in [5.74, 6) is -0.333. The van der Waals surface area contributed by atoms with Crippen LogP contribution in [-0.2, 0) is 4.79 Å². The molecule has 0 saturated heterocycles. The summed E-state index contributed by atoms with van der Waals surface area (Å²) in [6.07, 6.45) is 2.38. The number of ether oxygens (including phenoxy) is 1. The van der Waals surface area contributed by atoms with Crippen LogP contribution in [0.1, 0.15) is 36.0 Å².